The minimum absolute atomic E-state index is 0.525. The summed E-state index contributed by atoms with van der Waals surface area (Å²) in [5, 5.41) is 7.78. The highest BCUT2D eigenvalue weighted by atomic mass is 15.3. The fourth-order valence-electron chi connectivity index (χ4n) is 2.54. The van der Waals surface area contributed by atoms with Gasteiger partial charge in [-0.05, 0) is 19.4 Å². The van der Waals surface area contributed by atoms with Gasteiger partial charge in [-0.15, -0.1) is 0 Å². The number of hydrogen-bond acceptors (Lipinski definition) is 3. The molecule has 2 aromatic rings. The summed E-state index contributed by atoms with van der Waals surface area (Å²) >= 11 is 0. The van der Waals surface area contributed by atoms with Gasteiger partial charge >= 0.3 is 0 Å². The molecule has 5 heteroatoms. The molecule has 1 saturated heterocycles. The predicted molar refractivity (Wildman–Crippen MR) is 70.3 cm³/mol. The molecule has 0 radical (unpaired) electrons. The maximum atomic E-state index is 4.39. The van der Waals surface area contributed by atoms with Gasteiger partial charge < -0.3 is 9.88 Å². The Bertz CT molecular complexity index is 507. The van der Waals surface area contributed by atoms with Gasteiger partial charge in [-0.2, -0.15) is 5.10 Å². The van der Waals surface area contributed by atoms with Crippen molar-refractivity contribution in [3.05, 3.63) is 24.9 Å². The van der Waals surface area contributed by atoms with Crippen molar-refractivity contribution in [1.82, 2.24) is 24.6 Å². The smallest absolute Gasteiger partial charge is 0.0954 e. The highest BCUT2D eigenvalue weighted by molar-refractivity contribution is 5.56. The van der Waals surface area contributed by atoms with Gasteiger partial charge in [-0.3, -0.25) is 4.68 Å². The zero-order chi connectivity index (χ0) is 12.4. The fraction of sp³-hybridized carbons (Fsp3) is 0.538. The summed E-state index contributed by atoms with van der Waals surface area (Å²) in [6.07, 6.45) is 10.2. The van der Waals surface area contributed by atoms with Crippen molar-refractivity contribution in [2.45, 2.75) is 32.4 Å². The Balaban J connectivity index is 1.88. The van der Waals surface area contributed by atoms with E-state index in [1.54, 1.807) is 0 Å². The number of hydrogen-bond donors (Lipinski definition) is 1. The van der Waals surface area contributed by atoms with Crippen LogP contribution in [0.25, 0.3) is 11.3 Å². The van der Waals surface area contributed by atoms with Crippen LogP contribution in [0.5, 0.6) is 0 Å². The molecule has 1 unspecified atom stereocenters. The van der Waals surface area contributed by atoms with Crippen molar-refractivity contribution >= 4 is 0 Å². The maximum Gasteiger partial charge on any atom is 0.0954 e. The number of nitrogens with zero attached hydrogens (tertiary/aromatic N) is 4. The first-order valence-corrected chi connectivity index (χ1v) is 6.64. The van der Waals surface area contributed by atoms with E-state index in [1.807, 2.05) is 23.4 Å². The van der Waals surface area contributed by atoms with Gasteiger partial charge in [0.15, 0.2) is 0 Å². The Labute approximate surface area is 107 Å². The zero-order valence-electron chi connectivity index (χ0n) is 10.7. The molecule has 96 valence electrons. The molecule has 18 heavy (non-hydrogen) atoms. The zero-order valence-corrected chi connectivity index (χ0v) is 10.7. The SMILES string of the molecule is CCCn1cc(-c2cncn2C2CCNC2)cn1. The molecule has 3 heterocycles. The van der Waals surface area contributed by atoms with E-state index in [1.165, 1.54) is 12.1 Å². The molecule has 1 fully saturated rings. The summed E-state index contributed by atoms with van der Waals surface area (Å²) in [5.74, 6) is 0. The minimum atomic E-state index is 0.525. The molecule has 2 aromatic heterocycles. The van der Waals surface area contributed by atoms with Crippen LogP contribution < -0.4 is 5.32 Å². The van der Waals surface area contributed by atoms with Gasteiger partial charge in [-0.1, -0.05) is 6.92 Å². The van der Waals surface area contributed by atoms with Gasteiger partial charge in [0.1, 0.15) is 0 Å². The topological polar surface area (TPSA) is 47.7 Å². The lowest BCUT2D eigenvalue weighted by molar-refractivity contribution is 0.551. The lowest BCUT2D eigenvalue weighted by Crippen LogP contribution is -2.13. The molecule has 1 atom stereocenters. The molecule has 0 aliphatic carbocycles. The van der Waals surface area contributed by atoms with Gasteiger partial charge in [0.25, 0.3) is 0 Å². The molecule has 5 nitrogen and oxygen atoms in total. The normalized spacial score (nSPS) is 19.5. The largest absolute Gasteiger partial charge is 0.326 e. The van der Waals surface area contributed by atoms with Crippen LogP contribution >= 0.6 is 0 Å². The number of nitrogens with one attached hydrogen (secondary N) is 1. The molecule has 0 spiro atoms. The van der Waals surface area contributed by atoms with Crippen molar-refractivity contribution in [1.29, 1.82) is 0 Å². The minimum Gasteiger partial charge on any atom is -0.326 e. The number of aryl methyl sites for hydroxylation is 1. The second kappa shape index (κ2) is 4.94. The van der Waals surface area contributed by atoms with Crippen LogP contribution in [0.2, 0.25) is 0 Å². The van der Waals surface area contributed by atoms with E-state index in [4.69, 9.17) is 0 Å². The van der Waals surface area contributed by atoms with E-state index in [0.29, 0.717) is 6.04 Å². The average Bonchev–Trinajstić information content (AvgIpc) is 3.10. The highest BCUT2D eigenvalue weighted by Gasteiger charge is 2.19. The molecule has 0 amide bonds. The summed E-state index contributed by atoms with van der Waals surface area (Å²) in [7, 11) is 0. The van der Waals surface area contributed by atoms with Crippen LogP contribution in [0.4, 0.5) is 0 Å². The van der Waals surface area contributed by atoms with E-state index < -0.39 is 0 Å². The second-order valence-electron chi connectivity index (χ2n) is 4.82. The van der Waals surface area contributed by atoms with E-state index in [9.17, 15) is 0 Å². The third-order valence-corrected chi connectivity index (χ3v) is 3.48. The Morgan fingerprint density at radius 1 is 1.44 bits per heavy atom. The quantitative estimate of drug-likeness (QED) is 0.891. The van der Waals surface area contributed by atoms with Crippen LogP contribution in [0.3, 0.4) is 0 Å². The van der Waals surface area contributed by atoms with E-state index >= 15 is 0 Å². The van der Waals surface area contributed by atoms with Gasteiger partial charge in [-0.25, -0.2) is 4.98 Å². The molecule has 0 bridgehead atoms. The first kappa shape index (κ1) is 11.5. The number of rotatable bonds is 4. The van der Waals surface area contributed by atoms with E-state index in [2.05, 4.69) is 33.1 Å². The van der Waals surface area contributed by atoms with Crippen LogP contribution in [-0.2, 0) is 6.54 Å². The molecule has 0 saturated carbocycles. The third-order valence-electron chi connectivity index (χ3n) is 3.48. The van der Waals surface area contributed by atoms with Crippen LogP contribution in [-0.4, -0.2) is 32.4 Å². The standard InChI is InChI=1S/C13H19N5/c1-2-5-17-9-11(6-16-17)13-8-15-10-18(13)12-3-4-14-7-12/h6,8-10,12,14H,2-5,7H2,1H3. The third kappa shape index (κ3) is 2.06. The van der Waals surface area contributed by atoms with Crippen LogP contribution in [0.1, 0.15) is 25.8 Å². The van der Waals surface area contributed by atoms with Gasteiger partial charge in [0, 0.05) is 30.9 Å². The summed E-state index contributed by atoms with van der Waals surface area (Å²) in [6, 6.07) is 0.525. The molecule has 1 N–H and O–H groups in total. The Morgan fingerprint density at radius 2 is 2.39 bits per heavy atom. The molecule has 3 rings (SSSR count). The van der Waals surface area contributed by atoms with Gasteiger partial charge in [0.2, 0.25) is 0 Å². The molecule has 0 aromatic carbocycles. The number of imidazole rings is 1. The molecular formula is C13H19N5. The van der Waals surface area contributed by atoms with Gasteiger partial charge in [0.05, 0.1) is 24.4 Å². The predicted octanol–water partition coefficient (Wildman–Crippen LogP) is 1.69. The van der Waals surface area contributed by atoms with Crippen molar-refractivity contribution < 1.29 is 0 Å². The monoisotopic (exact) mass is 245 g/mol. The van der Waals surface area contributed by atoms with Crippen LogP contribution in [0.15, 0.2) is 24.9 Å². The van der Waals surface area contributed by atoms with Crippen molar-refractivity contribution in [3.8, 4) is 11.3 Å². The van der Waals surface area contributed by atoms with Crippen molar-refractivity contribution in [2.24, 2.45) is 0 Å². The molecule has 1 aliphatic rings. The summed E-state index contributed by atoms with van der Waals surface area (Å²) in [5.41, 5.74) is 2.33. The maximum absolute atomic E-state index is 4.39. The fourth-order valence-corrected chi connectivity index (χ4v) is 2.54. The molecular weight excluding hydrogens is 226 g/mol. The lowest BCUT2D eigenvalue weighted by atomic mass is 10.2. The van der Waals surface area contributed by atoms with E-state index in [-0.39, 0.29) is 0 Å². The van der Waals surface area contributed by atoms with Crippen molar-refractivity contribution in [2.75, 3.05) is 13.1 Å². The Kier molecular flexibility index (Phi) is 3.15. The van der Waals surface area contributed by atoms with E-state index in [0.717, 1.165) is 31.6 Å². The van der Waals surface area contributed by atoms with Crippen molar-refractivity contribution in [3.63, 3.8) is 0 Å². The molecule has 1 aliphatic heterocycles. The number of aromatic nitrogens is 4. The van der Waals surface area contributed by atoms with Crippen LogP contribution in [0, 0.1) is 0 Å². The summed E-state index contributed by atoms with van der Waals surface area (Å²) in [4.78, 5) is 4.30. The average molecular weight is 245 g/mol. The second-order valence-corrected chi connectivity index (χ2v) is 4.82. The summed E-state index contributed by atoms with van der Waals surface area (Å²) < 4.78 is 4.27. The lowest BCUT2D eigenvalue weighted by Gasteiger charge is -2.13. The summed E-state index contributed by atoms with van der Waals surface area (Å²) in [6.45, 7) is 5.26. The first-order chi connectivity index (χ1) is 8.88. The highest BCUT2D eigenvalue weighted by Crippen LogP contribution is 2.25. The Hall–Kier alpha value is -1.62. The first-order valence-electron chi connectivity index (χ1n) is 6.64. The Morgan fingerprint density at radius 3 is 3.17 bits per heavy atom.